The minimum atomic E-state index is 0.583. The summed E-state index contributed by atoms with van der Waals surface area (Å²) in [6, 6.07) is 11.4. The minimum Gasteiger partial charge on any atom is -0.399 e. The Morgan fingerprint density at radius 1 is 0.952 bits per heavy atom. The standard InChI is InChI=1S/C15H16N6/c1-9-3-4-14(10(2)5-9)21-15(18-19-20-21)11-6-12(16)8-13(17)7-11/h3-8H,16-17H2,1-2H3. The molecule has 0 aliphatic carbocycles. The van der Waals surface area contributed by atoms with Crippen molar-refractivity contribution in [3.8, 4) is 17.1 Å². The van der Waals surface area contributed by atoms with Crippen LogP contribution in [0.2, 0.25) is 0 Å². The van der Waals surface area contributed by atoms with Crippen molar-refractivity contribution in [1.82, 2.24) is 20.2 Å². The van der Waals surface area contributed by atoms with Gasteiger partial charge in [-0.1, -0.05) is 17.7 Å². The van der Waals surface area contributed by atoms with Crippen LogP contribution in [0.15, 0.2) is 36.4 Å². The molecule has 0 saturated heterocycles. The second-order valence-corrected chi connectivity index (χ2v) is 5.09. The predicted octanol–water partition coefficient (Wildman–Crippen LogP) is 2.11. The van der Waals surface area contributed by atoms with E-state index in [0.717, 1.165) is 16.8 Å². The highest BCUT2D eigenvalue weighted by molar-refractivity contribution is 5.69. The number of nitrogens with two attached hydrogens (primary N) is 2. The molecular formula is C15H16N6. The SMILES string of the molecule is Cc1ccc(-n2nnnc2-c2cc(N)cc(N)c2)c(C)c1. The van der Waals surface area contributed by atoms with Crippen molar-refractivity contribution in [1.29, 1.82) is 0 Å². The third kappa shape index (κ3) is 2.43. The maximum atomic E-state index is 5.85. The lowest BCUT2D eigenvalue weighted by Crippen LogP contribution is -2.03. The molecule has 0 amide bonds. The van der Waals surface area contributed by atoms with Crippen molar-refractivity contribution in [3.05, 3.63) is 47.5 Å². The summed E-state index contributed by atoms with van der Waals surface area (Å²) in [6.45, 7) is 4.08. The van der Waals surface area contributed by atoms with Gasteiger partial charge in [-0.25, -0.2) is 0 Å². The molecule has 1 aromatic heterocycles. The van der Waals surface area contributed by atoms with Crippen molar-refractivity contribution in [3.63, 3.8) is 0 Å². The zero-order valence-electron chi connectivity index (χ0n) is 11.9. The van der Waals surface area contributed by atoms with Crippen LogP contribution in [0.3, 0.4) is 0 Å². The predicted molar refractivity (Wildman–Crippen MR) is 82.9 cm³/mol. The van der Waals surface area contributed by atoms with E-state index >= 15 is 0 Å². The van der Waals surface area contributed by atoms with Crippen molar-refractivity contribution < 1.29 is 0 Å². The molecule has 6 nitrogen and oxygen atoms in total. The van der Waals surface area contributed by atoms with Crippen LogP contribution in [0.25, 0.3) is 17.1 Å². The van der Waals surface area contributed by atoms with Crippen LogP contribution in [0.1, 0.15) is 11.1 Å². The Kier molecular flexibility index (Phi) is 3.06. The fraction of sp³-hybridized carbons (Fsp3) is 0.133. The second kappa shape index (κ2) is 4.90. The van der Waals surface area contributed by atoms with Gasteiger partial charge in [-0.3, -0.25) is 0 Å². The van der Waals surface area contributed by atoms with Crippen LogP contribution in [-0.4, -0.2) is 20.2 Å². The Morgan fingerprint density at radius 3 is 2.33 bits per heavy atom. The fourth-order valence-corrected chi connectivity index (χ4v) is 2.38. The molecular weight excluding hydrogens is 264 g/mol. The number of anilines is 2. The van der Waals surface area contributed by atoms with Gasteiger partial charge in [-0.2, -0.15) is 4.68 Å². The Labute approximate surface area is 122 Å². The molecule has 0 atom stereocenters. The maximum absolute atomic E-state index is 5.85. The third-order valence-corrected chi connectivity index (χ3v) is 3.29. The molecule has 0 fully saturated rings. The summed E-state index contributed by atoms with van der Waals surface area (Å²) in [6.07, 6.45) is 0. The number of aromatic nitrogens is 4. The summed E-state index contributed by atoms with van der Waals surface area (Å²) in [5.41, 5.74) is 16.9. The molecule has 0 unspecified atom stereocenters. The lowest BCUT2D eigenvalue weighted by Gasteiger charge is -2.09. The van der Waals surface area contributed by atoms with Crippen LogP contribution in [-0.2, 0) is 0 Å². The molecule has 21 heavy (non-hydrogen) atoms. The summed E-state index contributed by atoms with van der Waals surface area (Å²) in [7, 11) is 0. The first-order valence-electron chi connectivity index (χ1n) is 6.57. The number of hydrogen-bond donors (Lipinski definition) is 2. The molecule has 1 heterocycles. The number of nitrogen functional groups attached to an aromatic ring is 2. The van der Waals surface area contributed by atoms with Gasteiger partial charge in [-0.15, -0.1) is 5.10 Å². The average Bonchev–Trinajstić information content (AvgIpc) is 2.86. The van der Waals surface area contributed by atoms with E-state index in [1.807, 2.05) is 31.2 Å². The highest BCUT2D eigenvalue weighted by Crippen LogP contribution is 2.25. The van der Waals surface area contributed by atoms with Crippen LogP contribution in [0.5, 0.6) is 0 Å². The van der Waals surface area contributed by atoms with Crippen LogP contribution < -0.4 is 11.5 Å². The molecule has 2 aromatic carbocycles. The summed E-state index contributed by atoms with van der Waals surface area (Å²) in [5.74, 6) is 0.612. The van der Waals surface area contributed by atoms with E-state index in [1.54, 1.807) is 10.7 Å². The maximum Gasteiger partial charge on any atom is 0.187 e. The molecule has 0 aliphatic rings. The van der Waals surface area contributed by atoms with Gasteiger partial charge in [0.2, 0.25) is 0 Å². The van der Waals surface area contributed by atoms with E-state index in [4.69, 9.17) is 11.5 Å². The molecule has 3 rings (SSSR count). The highest BCUT2D eigenvalue weighted by Gasteiger charge is 2.13. The van der Waals surface area contributed by atoms with Gasteiger partial charge in [0.25, 0.3) is 0 Å². The first-order valence-corrected chi connectivity index (χ1v) is 6.57. The monoisotopic (exact) mass is 280 g/mol. The van der Waals surface area contributed by atoms with Gasteiger partial charge in [0, 0.05) is 16.9 Å². The molecule has 0 bridgehead atoms. The van der Waals surface area contributed by atoms with Crippen molar-refractivity contribution in [2.24, 2.45) is 0 Å². The molecule has 0 saturated carbocycles. The minimum absolute atomic E-state index is 0.583. The van der Waals surface area contributed by atoms with Crippen molar-refractivity contribution in [2.75, 3.05) is 11.5 Å². The quantitative estimate of drug-likeness (QED) is 0.701. The Balaban J connectivity index is 2.17. The molecule has 0 radical (unpaired) electrons. The first kappa shape index (κ1) is 13.1. The van der Waals surface area contributed by atoms with E-state index in [0.29, 0.717) is 17.2 Å². The number of benzene rings is 2. The van der Waals surface area contributed by atoms with E-state index in [2.05, 4.69) is 28.5 Å². The van der Waals surface area contributed by atoms with Gasteiger partial charge in [0.1, 0.15) is 0 Å². The molecule has 0 spiro atoms. The van der Waals surface area contributed by atoms with E-state index in [9.17, 15) is 0 Å². The third-order valence-electron chi connectivity index (χ3n) is 3.29. The van der Waals surface area contributed by atoms with E-state index in [-0.39, 0.29) is 0 Å². The van der Waals surface area contributed by atoms with Gasteiger partial charge in [0.15, 0.2) is 5.82 Å². The number of rotatable bonds is 2. The zero-order chi connectivity index (χ0) is 15.0. The Bertz CT molecular complexity index is 785. The summed E-state index contributed by atoms with van der Waals surface area (Å²) >= 11 is 0. The average molecular weight is 280 g/mol. The first-order chi connectivity index (χ1) is 10.0. The van der Waals surface area contributed by atoms with Crippen LogP contribution >= 0.6 is 0 Å². The zero-order valence-corrected chi connectivity index (χ0v) is 11.9. The van der Waals surface area contributed by atoms with Crippen molar-refractivity contribution in [2.45, 2.75) is 13.8 Å². The fourth-order valence-electron chi connectivity index (χ4n) is 2.38. The summed E-state index contributed by atoms with van der Waals surface area (Å²) in [4.78, 5) is 0. The lowest BCUT2D eigenvalue weighted by molar-refractivity contribution is 0.787. The molecule has 0 aliphatic heterocycles. The van der Waals surface area contributed by atoms with Gasteiger partial charge in [-0.05, 0) is 54.1 Å². The summed E-state index contributed by atoms with van der Waals surface area (Å²) in [5, 5.41) is 12.0. The highest BCUT2D eigenvalue weighted by atomic mass is 15.5. The molecule has 4 N–H and O–H groups in total. The van der Waals surface area contributed by atoms with Gasteiger partial charge in [0.05, 0.1) is 5.69 Å². The molecule has 3 aromatic rings. The smallest absolute Gasteiger partial charge is 0.187 e. The van der Waals surface area contributed by atoms with Crippen molar-refractivity contribution >= 4 is 11.4 Å². The topological polar surface area (TPSA) is 95.6 Å². The number of tetrazole rings is 1. The van der Waals surface area contributed by atoms with E-state index < -0.39 is 0 Å². The summed E-state index contributed by atoms with van der Waals surface area (Å²) < 4.78 is 1.70. The number of nitrogens with zero attached hydrogens (tertiary/aromatic N) is 4. The Hall–Kier alpha value is -2.89. The van der Waals surface area contributed by atoms with Crippen LogP contribution in [0, 0.1) is 13.8 Å². The largest absolute Gasteiger partial charge is 0.399 e. The van der Waals surface area contributed by atoms with Gasteiger partial charge >= 0.3 is 0 Å². The normalized spacial score (nSPS) is 10.8. The Morgan fingerprint density at radius 2 is 1.67 bits per heavy atom. The molecule has 106 valence electrons. The van der Waals surface area contributed by atoms with Crippen LogP contribution in [0.4, 0.5) is 11.4 Å². The number of hydrogen-bond acceptors (Lipinski definition) is 5. The van der Waals surface area contributed by atoms with E-state index in [1.165, 1.54) is 5.56 Å². The second-order valence-electron chi connectivity index (χ2n) is 5.09. The van der Waals surface area contributed by atoms with Gasteiger partial charge < -0.3 is 11.5 Å². The molecule has 6 heteroatoms. The lowest BCUT2D eigenvalue weighted by atomic mass is 10.1. The number of aryl methyl sites for hydroxylation is 2.